The maximum absolute atomic E-state index is 12.8. The minimum atomic E-state index is -3.81. The molecule has 7 nitrogen and oxygen atoms in total. The number of carbonyl (C=O) groups is 1. The molecule has 2 atom stereocenters. The molecule has 2 aromatic rings. The van der Waals surface area contributed by atoms with Crippen LogP contribution in [-0.2, 0) is 10.0 Å². The Morgan fingerprint density at radius 2 is 1.90 bits per heavy atom. The Balaban J connectivity index is 1.72. The van der Waals surface area contributed by atoms with Crippen molar-refractivity contribution < 1.29 is 17.9 Å². The van der Waals surface area contributed by atoms with Crippen molar-refractivity contribution in [2.24, 2.45) is 11.3 Å². The van der Waals surface area contributed by atoms with Gasteiger partial charge in [-0.1, -0.05) is 32.1 Å². The first-order chi connectivity index (χ1) is 14.0. The Morgan fingerprint density at radius 1 is 1.23 bits per heavy atom. The molecular weight excluding hydrogens is 422 g/mol. The molecule has 1 aromatic carbocycles. The number of hydrogen-bond acceptors (Lipinski definition) is 6. The number of hydrogen-bond donors (Lipinski definition) is 2. The smallest absolute Gasteiger partial charge is 0.263 e. The number of carbonyl (C=O) groups excluding carboxylic acids is 1. The van der Waals surface area contributed by atoms with Gasteiger partial charge in [-0.05, 0) is 61.8 Å². The van der Waals surface area contributed by atoms with Gasteiger partial charge in [0, 0.05) is 6.04 Å². The van der Waals surface area contributed by atoms with Gasteiger partial charge in [0.15, 0.2) is 5.13 Å². The first-order valence-electron chi connectivity index (χ1n) is 9.94. The summed E-state index contributed by atoms with van der Waals surface area (Å²) in [5, 5.41) is 3.29. The highest BCUT2D eigenvalue weighted by atomic mass is 32.2. The maximum Gasteiger partial charge on any atom is 0.263 e. The lowest BCUT2D eigenvalue weighted by Crippen LogP contribution is -2.42. The summed E-state index contributed by atoms with van der Waals surface area (Å²) in [6.45, 7) is 8.38. The van der Waals surface area contributed by atoms with Crippen molar-refractivity contribution in [2.45, 2.75) is 57.9 Å². The normalized spacial score (nSPS) is 21.1. The zero-order valence-electron chi connectivity index (χ0n) is 18.0. The van der Waals surface area contributed by atoms with Gasteiger partial charge < -0.3 is 10.1 Å². The van der Waals surface area contributed by atoms with Crippen molar-refractivity contribution in [1.82, 2.24) is 10.3 Å². The highest BCUT2D eigenvalue weighted by molar-refractivity contribution is 7.93. The summed E-state index contributed by atoms with van der Waals surface area (Å²) < 4.78 is 32.8. The Labute approximate surface area is 182 Å². The second-order valence-corrected chi connectivity index (χ2v) is 11.5. The SMILES string of the molecule is COc1ccc(S(=O)(=O)Nc2nc(C)c(C(=O)NC3CC(C)CC(C)(C)C3)s2)cc1. The summed E-state index contributed by atoms with van der Waals surface area (Å²) in [6, 6.07) is 6.18. The molecule has 0 aliphatic heterocycles. The Hall–Kier alpha value is -2.13. The third kappa shape index (κ3) is 5.31. The fourth-order valence-electron chi connectivity index (χ4n) is 4.29. The number of ether oxygens (including phenoxy) is 1. The van der Waals surface area contributed by atoms with Crippen LogP contribution in [0.5, 0.6) is 5.75 Å². The van der Waals surface area contributed by atoms with E-state index in [9.17, 15) is 13.2 Å². The van der Waals surface area contributed by atoms with Crippen LogP contribution < -0.4 is 14.8 Å². The van der Waals surface area contributed by atoms with Crippen LogP contribution in [0.25, 0.3) is 0 Å². The number of nitrogens with zero attached hydrogens (tertiary/aromatic N) is 1. The van der Waals surface area contributed by atoms with E-state index in [-0.39, 0.29) is 27.4 Å². The largest absolute Gasteiger partial charge is 0.497 e. The van der Waals surface area contributed by atoms with Crippen LogP contribution in [0.15, 0.2) is 29.2 Å². The summed E-state index contributed by atoms with van der Waals surface area (Å²) >= 11 is 1.05. The Morgan fingerprint density at radius 3 is 2.50 bits per heavy atom. The van der Waals surface area contributed by atoms with Gasteiger partial charge in [0.2, 0.25) is 0 Å². The molecule has 0 saturated heterocycles. The molecule has 0 radical (unpaired) electrons. The number of sulfonamides is 1. The third-order valence-electron chi connectivity index (χ3n) is 5.32. The number of amides is 1. The molecule has 164 valence electrons. The molecule has 3 rings (SSSR count). The van der Waals surface area contributed by atoms with Gasteiger partial charge in [0.05, 0.1) is 17.7 Å². The van der Waals surface area contributed by atoms with E-state index < -0.39 is 10.0 Å². The average molecular weight is 452 g/mol. The molecule has 1 amide bonds. The first kappa shape index (κ1) is 22.6. The van der Waals surface area contributed by atoms with Crippen molar-refractivity contribution in [3.63, 3.8) is 0 Å². The van der Waals surface area contributed by atoms with Gasteiger partial charge >= 0.3 is 0 Å². The molecule has 1 aliphatic carbocycles. The predicted molar refractivity (Wildman–Crippen MR) is 119 cm³/mol. The summed E-state index contributed by atoms with van der Waals surface area (Å²) in [5.41, 5.74) is 0.699. The van der Waals surface area contributed by atoms with E-state index in [1.807, 2.05) is 0 Å². The maximum atomic E-state index is 12.8. The highest BCUT2D eigenvalue weighted by Crippen LogP contribution is 2.38. The molecule has 1 saturated carbocycles. The summed E-state index contributed by atoms with van der Waals surface area (Å²) in [4.78, 5) is 17.6. The molecule has 30 heavy (non-hydrogen) atoms. The zero-order valence-corrected chi connectivity index (χ0v) is 19.6. The van der Waals surface area contributed by atoms with Crippen LogP contribution in [0.2, 0.25) is 0 Å². The lowest BCUT2D eigenvalue weighted by molar-refractivity contribution is 0.0877. The molecule has 1 fully saturated rings. The average Bonchev–Trinajstić information content (AvgIpc) is 2.99. The van der Waals surface area contributed by atoms with E-state index in [0.29, 0.717) is 22.2 Å². The number of rotatable bonds is 6. The van der Waals surface area contributed by atoms with Crippen LogP contribution in [0.4, 0.5) is 5.13 Å². The number of aromatic nitrogens is 1. The third-order valence-corrected chi connectivity index (χ3v) is 7.87. The zero-order chi connectivity index (χ0) is 22.1. The molecule has 2 unspecified atom stereocenters. The Bertz CT molecular complexity index is 1010. The lowest BCUT2D eigenvalue weighted by atomic mass is 9.70. The quantitative estimate of drug-likeness (QED) is 0.686. The summed E-state index contributed by atoms with van der Waals surface area (Å²) in [5.74, 6) is 0.918. The number of thiazole rings is 1. The van der Waals surface area contributed by atoms with Crippen LogP contribution >= 0.6 is 11.3 Å². The van der Waals surface area contributed by atoms with Crippen molar-refractivity contribution >= 4 is 32.4 Å². The monoisotopic (exact) mass is 451 g/mol. The van der Waals surface area contributed by atoms with Crippen molar-refractivity contribution in [3.8, 4) is 5.75 Å². The molecule has 2 N–H and O–H groups in total. The van der Waals surface area contributed by atoms with E-state index >= 15 is 0 Å². The summed E-state index contributed by atoms with van der Waals surface area (Å²) in [7, 11) is -2.29. The van der Waals surface area contributed by atoms with Crippen molar-refractivity contribution in [2.75, 3.05) is 11.8 Å². The molecule has 0 bridgehead atoms. The first-order valence-corrected chi connectivity index (χ1v) is 12.2. The van der Waals surface area contributed by atoms with Gasteiger partial charge in [-0.3, -0.25) is 9.52 Å². The number of methoxy groups -OCH3 is 1. The van der Waals surface area contributed by atoms with E-state index in [2.05, 4.69) is 35.8 Å². The van der Waals surface area contributed by atoms with Gasteiger partial charge in [-0.15, -0.1) is 0 Å². The predicted octanol–water partition coefficient (Wildman–Crippen LogP) is 4.21. The molecule has 0 spiro atoms. The van der Waals surface area contributed by atoms with Crippen molar-refractivity contribution in [3.05, 3.63) is 34.8 Å². The fourth-order valence-corrected chi connectivity index (χ4v) is 6.39. The molecule has 1 aromatic heterocycles. The molecule has 9 heteroatoms. The number of nitrogens with one attached hydrogen (secondary N) is 2. The van der Waals surface area contributed by atoms with Crippen molar-refractivity contribution in [1.29, 1.82) is 0 Å². The van der Waals surface area contributed by atoms with Gasteiger partial charge in [0.1, 0.15) is 10.6 Å². The minimum absolute atomic E-state index is 0.0978. The van der Waals surface area contributed by atoms with Crippen LogP contribution in [0.3, 0.4) is 0 Å². The molecule has 1 aliphatic rings. The van der Waals surface area contributed by atoms with Gasteiger partial charge in [0.25, 0.3) is 15.9 Å². The standard InChI is InChI=1S/C21H29N3O4S2/c1-13-10-15(12-21(3,4)11-13)23-19(25)18-14(2)22-20(29-18)24-30(26,27)17-8-6-16(28-5)7-9-17/h6-9,13,15H,10-12H2,1-5H3,(H,22,24)(H,23,25). The minimum Gasteiger partial charge on any atom is -0.497 e. The van der Waals surface area contributed by atoms with Crippen LogP contribution in [-0.4, -0.2) is 32.5 Å². The number of benzene rings is 1. The Kier molecular flexibility index (Phi) is 6.43. The lowest BCUT2D eigenvalue weighted by Gasteiger charge is -2.39. The molecular formula is C21H29N3O4S2. The van der Waals surface area contributed by atoms with E-state index in [4.69, 9.17) is 4.74 Å². The topological polar surface area (TPSA) is 97.4 Å². The summed E-state index contributed by atoms with van der Waals surface area (Å²) in [6.07, 6.45) is 3.03. The van der Waals surface area contributed by atoms with Gasteiger partial charge in [-0.25, -0.2) is 13.4 Å². The van der Waals surface area contributed by atoms with E-state index in [0.717, 1.165) is 30.6 Å². The van der Waals surface area contributed by atoms with Crippen LogP contribution in [0.1, 0.15) is 55.4 Å². The number of aryl methyl sites for hydroxylation is 1. The number of anilines is 1. The molecule has 1 heterocycles. The highest BCUT2D eigenvalue weighted by Gasteiger charge is 2.33. The van der Waals surface area contributed by atoms with Crippen LogP contribution in [0, 0.1) is 18.3 Å². The van der Waals surface area contributed by atoms with Gasteiger partial charge in [-0.2, -0.15) is 0 Å². The second kappa shape index (κ2) is 8.55. The fraction of sp³-hybridized carbons (Fsp3) is 0.524. The van der Waals surface area contributed by atoms with E-state index in [1.165, 1.54) is 19.2 Å². The van der Waals surface area contributed by atoms with E-state index in [1.54, 1.807) is 19.1 Å². The second-order valence-electron chi connectivity index (χ2n) is 8.80.